The van der Waals surface area contributed by atoms with Crippen LogP contribution in [0.5, 0.6) is 5.75 Å². The van der Waals surface area contributed by atoms with Crippen molar-refractivity contribution in [3.8, 4) is 5.75 Å². The van der Waals surface area contributed by atoms with Crippen molar-refractivity contribution in [1.29, 1.82) is 0 Å². The van der Waals surface area contributed by atoms with Crippen LogP contribution >= 0.6 is 11.6 Å². The number of carbonyl (C=O) groups is 1. The van der Waals surface area contributed by atoms with Crippen LogP contribution in [0.1, 0.15) is 31.2 Å². The Bertz CT molecular complexity index is 841. The minimum absolute atomic E-state index is 0.0216. The number of hydrogen-bond donors (Lipinski definition) is 1. The zero-order valence-corrected chi connectivity index (χ0v) is 16.8. The van der Waals surface area contributed by atoms with Gasteiger partial charge in [0.25, 0.3) is 0 Å². The smallest absolute Gasteiger partial charge is 0.220 e. The number of halogens is 3. The molecule has 29 heavy (non-hydrogen) atoms. The molecule has 4 nitrogen and oxygen atoms in total. The van der Waals surface area contributed by atoms with Crippen LogP contribution in [0.4, 0.5) is 8.78 Å². The summed E-state index contributed by atoms with van der Waals surface area (Å²) in [6, 6.07) is 10.8. The lowest BCUT2D eigenvalue weighted by molar-refractivity contribution is -0.121. The summed E-state index contributed by atoms with van der Waals surface area (Å²) in [6.45, 7) is 1.89. The summed E-state index contributed by atoms with van der Waals surface area (Å²) in [7, 11) is 0. The number of amides is 1. The molecule has 156 valence electrons. The molecule has 0 unspecified atom stereocenters. The van der Waals surface area contributed by atoms with E-state index in [1.165, 1.54) is 6.07 Å². The average Bonchev–Trinajstić information content (AvgIpc) is 2.72. The molecule has 1 aliphatic heterocycles. The molecular formula is C22H24ClF2NO3. The maximum absolute atomic E-state index is 13.5. The van der Waals surface area contributed by atoms with Gasteiger partial charge in [-0.15, -0.1) is 0 Å². The van der Waals surface area contributed by atoms with Crippen LogP contribution in [-0.2, 0) is 14.9 Å². The zero-order valence-electron chi connectivity index (χ0n) is 16.1. The number of benzene rings is 2. The van der Waals surface area contributed by atoms with E-state index in [4.69, 9.17) is 21.1 Å². The summed E-state index contributed by atoms with van der Waals surface area (Å²) in [5, 5.41) is 3.70. The predicted octanol–water partition coefficient (Wildman–Crippen LogP) is 4.64. The second kappa shape index (κ2) is 10.0. The third kappa shape index (κ3) is 5.67. The lowest BCUT2D eigenvalue weighted by Crippen LogP contribution is -2.44. The van der Waals surface area contributed by atoms with E-state index < -0.39 is 11.6 Å². The highest BCUT2D eigenvalue weighted by Gasteiger charge is 2.36. The first kappa shape index (κ1) is 21.5. The molecule has 1 heterocycles. The molecule has 7 heteroatoms. The summed E-state index contributed by atoms with van der Waals surface area (Å²) < 4.78 is 37.2. The maximum Gasteiger partial charge on any atom is 0.220 e. The van der Waals surface area contributed by atoms with Crippen LogP contribution < -0.4 is 10.1 Å². The number of rotatable bonds is 8. The highest BCUT2D eigenvalue weighted by molar-refractivity contribution is 6.31. The largest absolute Gasteiger partial charge is 0.491 e. The lowest BCUT2D eigenvalue weighted by atomic mass is 9.74. The number of ether oxygens (including phenoxy) is 2. The maximum atomic E-state index is 13.5. The van der Waals surface area contributed by atoms with Crippen LogP contribution in [0.15, 0.2) is 42.5 Å². The fraction of sp³-hybridized carbons (Fsp3) is 0.409. The van der Waals surface area contributed by atoms with Crippen LogP contribution in [0.25, 0.3) is 0 Å². The van der Waals surface area contributed by atoms with Crippen molar-refractivity contribution >= 4 is 17.5 Å². The van der Waals surface area contributed by atoms with Crippen molar-refractivity contribution in [2.45, 2.75) is 31.1 Å². The molecule has 0 spiro atoms. The molecule has 1 saturated heterocycles. The van der Waals surface area contributed by atoms with E-state index in [1.807, 2.05) is 24.3 Å². The molecular weight excluding hydrogens is 400 g/mol. The normalized spacial score (nSPS) is 15.7. The monoisotopic (exact) mass is 423 g/mol. The number of nitrogens with one attached hydrogen (secondary N) is 1. The van der Waals surface area contributed by atoms with Crippen molar-refractivity contribution in [2.75, 3.05) is 26.4 Å². The molecule has 0 aliphatic carbocycles. The fourth-order valence-electron chi connectivity index (χ4n) is 3.56. The van der Waals surface area contributed by atoms with Gasteiger partial charge in [-0.2, -0.15) is 0 Å². The Morgan fingerprint density at radius 1 is 1.17 bits per heavy atom. The van der Waals surface area contributed by atoms with Gasteiger partial charge in [0.05, 0.1) is 6.61 Å². The Kier molecular flexibility index (Phi) is 7.45. The summed E-state index contributed by atoms with van der Waals surface area (Å²) in [6.07, 6.45) is 2.23. The molecule has 1 aliphatic rings. The van der Waals surface area contributed by atoms with Crippen molar-refractivity contribution < 1.29 is 23.0 Å². The Morgan fingerprint density at radius 2 is 1.93 bits per heavy atom. The van der Waals surface area contributed by atoms with E-state index >= 15 is 0 Å². The van der Waals surface area contributed by atoms with E-state index in [0.29, 0.717) is 31.2 Å². The second-order valence-electron chi connectivity index (χ2n) is 7.18. The minimum Gasteiger partial charge on any atom is -0.491 e. The molecule has 0 saturated carbocycles. The Labute approximate surface area is 174 Å². The Morgan fingerprint density at radius 3 is 2.66 bits per heavy atom. The van der Waals surface area contributed by atoms with Gasteiger partial charge in [0.15, 0.2) is 11.6 Å². The molecule has 2 aromatic carbocycles. The van der Waals surface area contributed by atoms with Gasteiger partial charge in [0, 0.05) is 42.7 Å². The van der Waals surface area contributed by atoms with E-state index in [0.717, 1.165) is 30.5 Å². The lowest BCUT2D eigenvalue weighted by Gasteiger charge is -2.38. The molecule has 0 atom stereocenters. The van der Waals surface area contributed by atoms with E-state index in [2.05, 4.69) is 5.32 Å². The number of hydrogen-bond acceptors (Lipinski definition) is 3. The fourth-order valence-corrected chi connectivity index (χ4v) is 3.89. The molecule has 0 radical (unpaired) electrons. The van der Waals surface area contributed by atoms with Gasteiger partial charge >= 0.3 is 0 Å². The Hall–Kier alpha value is -2.18. The van der Waals surface area contributed by atoms with Gasteiger partial charge in [0.1, 0.15) is 5.82 Å². The SMILES string of the molecule is O=C(CCCOc1ccc(F)cc1F)NCC1(c2ccccc2Cl)CCOCC1. The van der Waals surface area contributed by atoms with E-state index in [1.54, 1.807) is 0 Å². The summed E-state index contributed by atoms with van der Waals surface area (Å²) in [4.78, 5) is 12.3. The van der Waals surface area contributed by atoms with Gasteiger partial charge in [-0.1, -0.05) is 29.8 Å². The summed E-state index contributed by atoms with van der Waals surface area (Å²) >= 11 is 6.42. The summed E-state index contributed by atoms with van der Waals surface area (Å²) in [5.41, 5.74) is 0.778. The van der Waals surface area contributed by atoms with E-state index in [9.17, 15) is 13.6 Å². The van der Waals surface area contributed by atoms with Gasteiger partial charge in [-0.3, -0.25) is 4.79 Å². The highest BCUT2D eigenvalue weighted by atomic mass is 35.5. The molecule has 0 bridgehead atoms. The Balaban J connectivity index is 1.50. The third-order valence-corrected chi connectivity index (χ3v) is 5.55. The second-order valence-corrected chi connectivity index (χ2v) is 7.58. The predicted molar refractivity (Wildman–Crippen MR) is 107 cm³/mol. The molecule has 0 aromatic heterocycles. The quantitative estimate of drug-likeness (QED) is 0.629. The minimum atomic E-state index is -0.754. The van der Waals surface area contributed by atoms with Gasteiger partial charge in [-0.05, 0) is 43.0 Å². The van der Waals surface area contributed by atoms with Gasteiger partial charge in [-0.25, -0.2) is 8.78 Å². The topological polar surface area (TPSA) is 47.6 Å². The van der Waals surface area contributed by atoms with Crippen molar-refractivity contribution in [1.82, 2.24) is 5.32 Å². The first-order valence-electron chi connectivity index (χ1n) is 9.67. The van der Waals surface area contributed by atoms with Crippen LogP contribution in [-0.4, -0.2) is 32.3 Å². The summed E-state index contributed by atoms with van der Waals surface area (Å²) in [5.74, 6) is -1.54. The first-order valence-corrected chi connectivity index (χ1v) is 10.1. The molecule has 1 amide bonds. The standard InChI is InChI=1S/C22H24ClF2NO3/c23-18-5-2-1-4-17(18)22(9-12-28-13-10-22)15-26-21(27)6-3-11-29-20-8-7-16(24)14-19(20)25/h1-2,4-5,7-8,14H,3,6,9-13,15H2,(H,26,27). The average molecular weight is 424 g/mol. The third-order valence-electron chi connectivity index (χ3n) is 5.22. The van der Waals surface area contributed by atoms with Crippen LogP contribution in [0.3, 0.4) is 0 Å². The number of carbonyl (C=O) groups excluding carboxylic acids is 1. The highest BCUT2D eigenvalue weighted by Crippen LogP contribution is 2.38. The van der Waals surface area contributed by atoms with Crippen molar-refractivity contribution in [3.63, 3.8) is 0 Å². The molecule has 3 rings (SSSR count). The molecule has 1 fully saturated rings. The van der Waals surface area contributed by atoms with Gasteiger partial charge < -0.3 is 14.8 Å². The molecule has 2 aromatic rings. The van der Waals surface area contributed by atoms with Crippen molar-refractivity contribution in [2.24, 2.45) is 0 Å². The van der Waals surface area contributed by atoms with Crippen LogP contribution in [0.2, 0.25) is 5.02 Å². The zero-order chi connectivity index (χ0) is 20.7. The van der Waals surface area contributed by atoms with Crippen LogP contribution in [0, 0.1) is 11.6 Å². The van der Waals surface area contributed by atoms with Gasteiger partial charge in [0.2, 0.25) is 5.91 Å². The molecule has 1 N–H and O–H groups in total. The first-order chi connectivity index (χ1) is 14.0. The van der Waals surface area contributed by atoms with Crippen molar-refractivity contribution in [3.05, 3.63) is 64.7 Å². The van der Waals surface area contributed by atoms with E-state index in [-0.39, 0.29) is 30.1 Å².